The van der Waals surface area contributed by atoms with E-state index < -0.39 is 0 Å². The molecule has 0 saturated heterocycles. The molecule has 1 unspecified atom stereocenters. The summed E-state index contributed by atoms with van der Waals surface area (Å²) >= 11 is 8.52. The second kappa shape index (κ2) is 6.35. The molecule has 0 amide bonds. The Morgan fingerprint density at radius 3 is 2.47 bits per heavy atom. The lowest BCUT2D eigenvalue weighted by atomic mass is 10.0. The molecular weight excluding hydrogens is 397 g/mol. The zero-order valence-electron chi connectivity index (χ0n) is 10.3. The van der Waals surface area contributed by atoms with Crippen LogP contribution in [0, 0.1) is 5.82 Å². The number of methoxy groups -OCH3 is 1. The molecule has 1 aromatic carbocycles. The first-order valence-corrected chi connectivity index (χ1v) is 7.92. The highest BCUT2D eigenvalue weighted by atomic mass is 79.9. The smallest absolute Gasteiger partial charge is 0.132 e. The average Bonchev–Trinajstić information content (AvgIpc) is 2.71. The van der Waals surface area contributed by atoms with E-state index in [4.69, 9.17) is 4.74 Å². The predicted octanol–water partition coefficient (Wildman–Crippen LogP) is 4.73. The summed E-state index contributed by atoms with van der Waals surface area (Å²) in [5, 5.41) is 3.14. The van der Waals surface area contributed by atoms with Crippen LogP contribution in [0.1, 0.15) is 17.2 Å². The summed E-state index contributed by atoms with van der Waals surface area (Å²) in [5.74, 6) is 0.231. The van der Waals surface area contributed by atoms with Gasteiger partial charge in [0.25, 0.3) is 0 Å². The molecule has 1 N–H and O–H groups in total. The Balaban J connectivity index is 2.45. The fourth-order valence-corrected chi connectivity index (χ4v) is 4.80. The molecular formula is C13H12Br2FNOS. The summed E-state index contributed by atoms with van der Waals surface area (Å²) in [7, 11) is 3.34. The molecule has 2 nitrogen and oxygen atoms in total. The van der Waals surface area contributed by atoms with Crippen LogP contribution in [0.2, 0.25) is 0 Å². The molecule has 0 aliphatic rings. The fraction of sp³-hybridized carbons (Fsp3) is 0.231. The Kier molecular flexibility index (Phi) is 5.00. The molecule has 0 fully saturated rings. The molecule has 0 radical (unpaired) electrons. The van der Waals surface area contributed by atoms with Crippen molar-refractivity contribution in [2.45, 2.75) is 6.04 Å². The molecule has 2 aromatic rings. The number of halogens is 3. The zero-order chi connectivity index (χ0) is 14.0. The molecule has 0 aliphatic carbocycles. The summed E-state index contributed by atoms with van der Waals surface area (Å²) in [6.45, 7) is 0. The van der Waals surface area contributed by atoms with Crippen LogP contribution in [-0.2, 0) is 0 Å². The van der Waals surface area contributed by atoms with Crippen LogP contribution in [0.25, 0.3) is 0 Å². The third-order valence-electron chi connectivity index (χ3n) is 2.80. The molecule has 0 aliphatic heterocycles. The van der Waals surface area contributed by atoms with Gasteiger partial charge in [0.05, 0.1) is 20.7 Å². The van der Waals surface area contributed by atoms with Gasteiger partial charge >= 0.3 is 0 Å². The van der Waals surface area contributed by atoms with Crippen molar-refractivity contribution in [2.24, 2.45) is 0 Å². The van der Waals surface area contributed by atoms with Crippen molar-refractivity contribution in [3.05, 3.63) is 48.8 Å². The Labute approximate surface area is 132 Å². The van der Waals surface area contributed by atoms with Crippen LogP contribution < -0.4 is 10.1 Å². The highest BCUT2D eigenvalue weighted by Crippen LogP contribution is 2.38. The summed E-state index contributed by atoms with van der Waals surface area (Å²) in [6.07, 6.45) is 0. The second-order valence-electron chi connectivity index (χ2n) is 3.89. The van der Waals surface area contributed by atoms with Gasteiger partial charge in [0.1, 0.15) is 11.6 Å². The summed E-state index contributed by atoms with van der Waals surface area (Å²) in [5.41, 5.74) is 1.60. The minimum Gasteiger partial charge on any atom is -0.497 e. The Bertz CT molecular complexity index is 588. The Morgan fingerprint density at radius 2 is 2.00 bits per heavy atom. The van der Waals surface area contributed by atoms with Crippen molar-refractivity contribution in [3.8, 4) is 5.75 Å². The van der Waals surface area contributed by atoms with E-state index in [9.17, 15) is 4.39 Å². The maximum Gasteiger partial charge on any atom is 0.132 e. The summed E-state index contributed by atoms with van der Waals surface area (Å²) < 4.78 is 21.2. The average molecular weight is 409 g/mol. The van der Waals surface area contributed by atoms with Crippen LogP contribution in [0.4, 0.5) is 4.39 Å². The molecule has 6 heteroatoms. The number of benzene rings is 1. The molecule has 1 atom stereocenters. The summed E-state index contributed by atoms with van der Waals surface area (Å²) in [6, 6.07) is 6.68. The van der Waals surface area contributed by atoms with E-state index in [1.54, 1.807) is 23.5 Å². The monoisotopic (exact) mass is 407 g/mol. The first-order valence-electron chi connectivity index (χ1n) is 5.52. The van der Waals surface area contributed by atoms with Crippen LogP contribution in [0.15, 0.2) is 31.8 Å². The van der Waals surface area contributed by atoms with E-state index in [-0.39, 0.29) is 11.9 Å². The van der Waals surface area contributed by atoms with Gasteiger partial charge in [-0.2, -0.15) is 0 Å². The molecule has 19 heavy (non-hydrogen) atoms. The van der Waals surface area contributed by atoms with E-state index >= 15 is 0 Å². The van der Waals surface area contributed by atoms with Gasteiger partial charge in [0.2, 0.25) is 0 Å². The van der Waals surface area contributed by atoms with Gasteiger partial charge in [-0.3, -0.25) is 0 Å². The number of thiophene rings is 1. The van der Waals surface area contributed by atoms with E-state index in [1.807, 2.05) is 13.1 Å². The number of ether oxygens (including phenoxy) is 1. The van der Waals surface area contributed by atoms with Crippen molar-refractivity contribution in [1.82, 2.24) is 5.32 Å². The maximum absolute atomic E-state index is 14.2. The molecule has 1 aromatic heterocycles. The van der Waals surface area contributed by atoms with Crippen LogP contribution >= 0.6 is 43.2 Å². The second-order valence-corrected chi connectivity index (χ2v) is 7.64. The van der Waals surface area contributed by atoms with Gasteiger partial charge in [-0.1, -0.05) is 6.07 Å². The molecule has 0 spiro atoms. The van der Waals surface area contributed by atoms with E-state index in [0.717, 1.165) is 13.1 Å². The van der Waals surface area contributed by atoms with Gasteiger partial charge in [0, 0.05) is 11.6 Å². The van der Waals surface area contributed by atoms with Crippen molar-refractivity contribution < 1.29 is 9.13 Å². The van der Waals surface area contributed by atoms with Crippen molar-refractivity contribution >= 4 is 43.2 Å². The SMILES string of the molecule is CNC(c1ccc(OC)cc1F)c1cc(Br)sc1Br. The van der Waals surface area contributed by atoms with E-state index in [1.165, 1.54) is 13.2 Å². The molecule has 0 bridgehead atoms. The lowest BCUT2D eigenvalue weighted by Crippen LogP contribution is -2.18. The van der Waals surface area contributed by atoms with Gasteiger partial charge < -0.3 is 10.1 Å². The van der Waals surface area contributed by atoms with Gasteiger partial charge in [-0.15, -0.1) is 11.3 Å². The van der Waals surface area contributed by atoms with Crippen molar-refractivity contribution in [1.29, 1.82) is 0 Å². The lowest BCUT2D eigenvalue weighted by Gasteiger charge is -2.17. The number of nitrogens with one attached hydrogen (secondary N) is 1. The molecule has 2 rings (SSSR count). The third-order valence-corrected chi connectivity index (χ3v) is 5.19. The lowest BCUT2D eigenvalue weighted by molar-refractivity contribution is 0.410. The molecule has 1 heterocycles. The van der Waals surface area contributed by atoms with Crippen LogP contribution in [-0.4, -0.2) is 14.2 Å². The minimum absolute atomic E-state index is 0.206. The first-order chi connectivity index (χ1) is 9.06. The van der Waals surface area contributed by atoms with Crippen molar-refractivity contribution in [2.75, 3.05) is 14.2 Å². The zero-order valence-corrected chi connectivity index (χ0v) is 14.3. The molecule has 102 valence electrons. The number of rotatable bonds is 4. The van der Waals surface area contributed by atoms with Crippen molar-refractivity contribution in [3.63, 3.8) is 0 Å². The topological polar surface area (TPSA) is 21.3 Å². The Hall–Kier alpha value is -0.430. The number of hydrogen-bond donors (Lipinski definition) is 1. The fourth-order valence-electron chi connectivity index (χ4n) is 1.90. The Morgan fingerprint density at radius 1 is 1.26 bits per heavy atom. The van der Waals surface area contributed by atoms with E-state index in [2.05, 4.69) is 37.2 Å². The van der Waals surface area contributed by atoms with Gasteiger partial charge in [-0.25, -0.2) is 4.39 Å². The van der Waals surface area contributed by atoms with Gasteiger partial charge in [0.15, 0.2) is 0 Å². The first kappa shape index (κ1) is 15.0. The third kappa shape index (κ3) is 3.18. The summed E-state index contributed by atoms with van der Waals surface area (Å²) in [4.78, 5) is 0. The predicted molar refractivity (Wildman–Crippen MR) is 83.6 cm³/mol. The van der Waals surface area contributed by atoms with E-state index in [0.29, 0.717) is 11.3 Å². The van der Waals surface area contributed by atoms with Gasteiger partial charge in [-0.05, 0) is 56.6 Å². The standard InChI is InChI=1S/C13H12Br2FNOS/c1-17-12(9-6-11(14)19-13(9)15)8-4-3-7(18-2)5-10(8)16/h3-6,12,17H,1-2H3. The normalized spacial score (nSPS) is 12.5. The molecule has 0 saturated carbocycles. The highest BCUT2D eigenvalue weighted by Gasteiger charge is 2.20. The van der Waals surface area contributed by atoms with Crippen LogP contribution in [0.3, 0.4) is 0 Å². The maximum atomic E-state index is 14.2. The quantitative estimate of drug-likeness (QED) is 0.789. The minimum atomic E-state index is -0.284. The van der Waals surface area contributed by atoms with Crippen LogP contribution in [0.5, 0.6) is 5.75 Å². The highest BCUT2D eigenvalue weighted by molar-refractivity contribution is 9.12. The number of hydrogen-bond acceptors (Lipinski definition) is 3. The largest absolute Gasteiger partial charge is 0.497 e.